The van der Waals surface area contributed by atoms with Crippen molar-refractivity contribution in [2.24, 2.45) is 0 Å². The largest absolute Gasteiger partial charge is 0.355 e. The van der Waals surface area contributed by atoms with Gasteiger partial charge in [0.15, 0.2) is 0 Å². The van der Waals surface area contributed by atoms with Gasteiger partial charge < -0.3 is 10.2 Å². The SMILES string of the molecule is CCNC(=O)CN1CCN(Cc2cnc(N(C)C)nc2)CC1. The molecule has 1 N–H and O–H groups in total. The lowest BCUT2D eigenvalue weighted by Crippen LogP contribution is -2.49. The zero-order valence-electron chi connectivity index (χ0n) is 13.7. The fourth-order valence-corrected chi connectivity index (χ4v) is 2.48. The number of aromatic nitrogens is 2. The van der Waals surface area contributed by atoms with Gasteiger partial charge in [0.25, 0.3) is 0 Å². The topological polar surface area (TPSA) is 64.6 Å². The molecule has 2 rings (SSSR count). The van der Waals surface area contributed by atoms with Crippen LogP contribution in [0.4, 0.5) is 5.95 Å². The van der Waals surface area contributed by atoms with E-state index in [1.54, 1.807) is 0 Å². The molecule has 0 saturated carbocycles. The minimum atomic E-state index is 0.114. The van der Waals surface area contributed by atoms with E-state index in [1.165, 1.54) is 0 Å². The van der Waals surface area contributed by atoms with E-state index in [0.29, 0.717) is 13.1 Å². The Kier molecular flexibility index (Phi) is 6.09. The zero-order valence-corrected chi connectivity index (χ0v) is 13.7. The van der Waals surface area contributed by atoms with Crippen LogP contribution in [0.15, 0.2) is 12.4 Å². The number of rotatable bonds is 6. The Bertz CT molecular complexity index is 467. The van der Waals surface area contributed by atoms with Crippen molar-refractivity contribution in [1.29, 1.82) is 0 Å². The third-order valence-corrected chi connectivity index (χ3v) is 3.70. The van der Waals surface area contributed by atoms with Gasteiger partial charge in [-0.2, -0.15) is 0 Å². The fraction of sp³-hybridized carbons (Fsp3) is 0.667. The molecule has 1 saturated heterocycles. The van der Waals surface area contributed by atoms with Crippen LogP contribution >= 0.6 is 0 Å². The second kappa shape index (κ2) is 8.05. The number of likely N-dealkylation sites (N-methyl/N-ethyl adjacent to an activating group) is 1. The van der Waals surface area contributed by atoms with Crippen molar-refractivity contribution in [2.45, 2.75) is 13.5 Å². The quantitative estimate of drug-likeness (QED) is 0.785. The van der Waals surface area contributed by atoms with Gasteiger partial charge in [-0.3, -0.25) is 14.6 Å². The van der Waals surface area contributed by atoms with Gasteiger partial charge >= 0.3 is 0 Å². The highest BCUT2D eigenvalue weighted by molar-refractivity contribution is 5.77. The molecule has 0 aliphatic carbocycles. The molecule has 0 aromatic carbocycles. The smallest absolute Gasteiger partial charge is 0.234 e. The summed E-state index contributed by atoms with van der Waals surface area (Å²) in [7, 11) is 3.87. The molecular weight excluding hydrogens is 280 g/mol. The normalized spacial score (nSPS) is 16.5. The summed E-state index contributed by atoms with van der Waals surface area (Å²) in [4.78, 5) is 26.7. The highest BCUT2D eigenvalue weighted by Gasteiger charge is 2.18. The van der Waals surface area contributed by atoms with Crippen LogP contribution in [0, 0.1) is 0 Å². The Hall–Kier alpha value is -1.73. The van der Waals surface area contributed by atoms with E-state index in [2.05, 4.69) is 25.1 Å². The number of hydrogen-bond acceptors (Lipinski definition) is 6. The minimum absolute atomic E-state index is 0.114. The van der Waals surface area contributed by atoms with Gasteiger partial charge in [-0.05, 0) is 6.92 Å². The summed E-state index contributed by atoms with van der Waals surface area (Å²) in [6.07, 6.45) is 3.78. The summed E-state index contributed by atoms with van der Waals surface area (Å²) in [6, 6.07) is 0. The number of amides is 1. The maximum atomic E-state index is 11.6. The van der Waals surface area contributed by atoms with Crippen LogP contribution in [-0.4, -0.2) is 79.0 Å². The number of piperazine rings is 1. The highest BCUT2D eigenvalue weighted by Crippen LogP contribution is 2.09. The molecule has 1 aromatic rings. The molecule has 0 bridgehead atoms. The Balaban J connectivity index is 1.76. The van der Waals surface area contributed by atoms with Gasteiger partial charge in [-0.1, -0.05) is 0 Å². The first kappa shape index (κ1) is 16.6. The average Bonchev–Trinajstić information content (AvgIpc) is 2.50. The second-order valence-electron chi connectivity index (χ2n) is 5.79. The maximum Gasteiger partial charge on any atom is 0.234 e. The predicted octanol–water partition coefficient (Wildman–Crippen LogP) is -0.204. The van der Waals surface area contributed by atoms with Crippen molar-refractivity contribution in [1.82, 2.24) is 25.1 Å². The van der Waals surface area contributed by atoms with Crippen molar-refractivity contribution < 1.29 is 4.79 Å². The van der Waals surface area contributed by atoms with E-state index >= 15 is 0 Å². The van der Waals surface area contributed by atoms with Crippen LogP contribution in [0.1, 0.15) is 12.5 Å². The van der Waals surface area contributed by atoms with E-state index in [-0.39, 0.29) is 5.91 Å². The fourth-order valence-electron chi connectivity index (χ4n) is 2.48. The molecule has 7 heteroatoms. The highest BCUT2D eigenvalue weighted by atomic mass is 16.2. The number of carbonyl (C=O) groups is 1. The van der Waals surface area contributed by atoms with Crippen molar-refractivity contribution >= 4 is 11.9 Å². The lowest BCUT2D eigenvalue weighted by Gasteiger charge is -2.34. The van der Waals surface area contributed by atoms with Crippen molar-refractivity contribution in [3.05, 3.63) is 18.0 Å². The first-order chi connectivity index (χ1) is 10.6. The van der Waals surface area contributed by atoms with Gasteiger partial charge in [0.05, 0.1) is 6.54 Å². The van der Waals surface area contributed by atoms with E-state index in [4.69, 9.17) is 0 Å². The third-order valence-electron chi connectivity index (χ3n) is 3.70. The van der Waals surface area contributed by atoms with Crippen LogP contribution in [-0.2, 0) is 11.3 Å². The van der Waals surface area contributed by atoms with E-state index < -0.39 is 0 Å². The molecule has 0 spiro atoms. The van der Waals surface area contributed by atoms with Crippen LogP contribution in [0.5, 0.6) is 0 Å². The Morgan fingerprint density at radius 2 is 1.77 bits per heavy atom. The molecule has 2 heterocycles. The van der Waals surface area contributed by atoms with Crippen LogP contribution in [0.25, 0.3) is 0 Å². The van der Waals surface area contributed by atoms with E-state index in [1.807, 2.05) is 38.3 Å². The number of carbonyl (C=O) groups excluding carboxylic acids is 1. The van der Waals surface area contributed by atoms with Gasteiger partial charge in [0.1, 0.15) is 0 Å². The van der Waals surface area contributed by atoms with Crippen molar-refractivity contribution in [3.8, 4) is 0 Å². The van der Waals surface area contributed by atoms with Gasteiger partial charge in [0, 0.05) is 71.3 Å². The lowest BCUT2D eigenvalue weighted by atomic mass is 10.2. The second-order valence-corrected chi connectivity index (χ2v) is 5.79. The lowest BCUT2D eigenvalue weighted by molar-refractivity contribution is -0.122. The molecular formula is C15H26N6O. The maximum absolute atomic E-state index is 11.6. The Morgan fingerprint density at radius 1 is 1.18 bits per heavy atom. The van der Waals surface area contributed by atoms with Gasteiger partial charge in [-0.15, -0.1) is 0 Å². The Morgan fingerprint density at radius 3 is 2.32 bits per heavy atom. The number of nitrogens with one attached hydrogen (secondary N) is 1. The van der Waals surface area contributed by atoms with Crippen molar-refractivity contribution in [2.75, 3.05) is 58.3 Å². The zero-order chi connectivity index (χ0) is 15.9. The molecule has 0 unspecified atom stereocenters. The van der Waals surface area contributed by atoms with Gasteiger partial charge in [-0.25, -0.2) is 9.97 Å². The number of nitrogens with zero attached hydrogens (tertiary/aromatic N) is 5. The van der Waals surface area contributed by atoms with E-state index in [0.717, 1.165) is 44.2 Å². The molecule has 22 heavy (non-hydrogen) atoms. The molecule has 7 nitrogen and oxygen atoms in total. The summed E-state index contributed by atoms with van der Waals surface area (Å²) in [5.41, 5.74) is 1.13. The van der Waals surface area contributed by atoms with Crippen LogP contribution < -0.4 is 10.2 Å². The molecule has 1 fully saturated rings. The molecule has 1 aliphatic heterocycles. The van der Waals surface area contributed by atoms with E-state index in [9.17, 15) is 4.79 Å². The standard InChI is InChI=1S/C15H26N6O/c1-4-16-14(22)12-21-7-5-20(6-8-21)11-13-9-17-15(18-10-13)19(2)3/h9-10H,4-8,11-12H2,1-3H3,(H,16,22). The van der Waals surface area contributed by atoms with Crippen LogP contribution in [0.2, 0.25) is 0 Å². The number of hydrogen-bond donors (Lipinski definition) is 1. The monoisotopic (exact) mass is 306 g/mol. The molecule has 0 radical (unpaired) electrons. The first-order valence-electron chi connectivity index (χ1n) is 7.78. The molecule has 0 atom stereocenters. The molecule has 122 valence electrons. The summed E-state index contributed by atoms with van der Waals surface area (Å²) in [6.45, 7) is 7.79. The summed E-state index contributed by atoms with van der Waals surface area (Å²) in [5.74, 6) is 0.846. The predicted molar refractivity (Wildman–Crippen MR) is 86.8 cm³/mol. The third kappa shape index (κ3) is 4.92. The van der Waals surface area contributed by atoms with Crippen molar-refractivity contribution in [3.63, 3.8) is 0 Å². The average molecular weight is 306 g/mol. The molecule has 1 aliphatic rings. The van der Waals surface area contributed by atoms with Crippen LogP contribution in [0.3, 0.4) is 0 Å². The Labute approximate surface area is 132 Å². The summed E-state index contributed by atoms with van der Waals surface area (Å²) < 4.78 is 0. The summed E-state index contributed by atoms with van der Waals surface area (Å²) in [5, 5.41) is 2.84. The molecule has 1 amide bonds. The molecule has 1 aromatic heterocycles. The summed E-state index contributed by atoms with van der Waals surface area (Å²) >= 11 is 0. The minimum Gasteiger partial charge on any atom is -0.355 e. The first-order valence-corrected chi connectivity index (χ1v) is 7.78. The van der Waals surface area contributed by atoms with Gasteiger partial charge in [0.2, 0.25) is 11.9 Å². The number of anilines is 1.